The van der Waals surface area contributed by atoms with Crippen molar-refractivity contribution in [3.05, 3.63) is 30.1 Å². The maximum absolute atomic E-state index is 4.21. The van der Waals surface area contributed by atoms with Gasteiger partial charge in [-0.05, 0) is 24.6 Å². The van der Waals surface area contributed by atoms with Crippen molar-refractivity contribution in [1.82, 2.24) is 4.98 Å². The molecule has 0 fully saturated rings. The number of pyridine rings is 1. The van der Waals surface area contributed by atoms with Crippen LogP contribution in [0.3, 0.4) is 0 Å². The molecular formula is C8H9NS. The number of thiol groups is 1. The van der Waals surface area contributed by atoms with Crippen LogP contribution in [0, 0.1) is 6.92 Å². The molecule has 0 amide bonds. The molecule has 1 nitrogen and oxygen atoms in total. The Morgan fingerprint density at radius 3 is 2.90 bits per heavy atom. The SMILES string of the molecule is C=Cc1ncc(C)cc1S. The molecule has 0 saturated carbocycles. The molecule has 0 spiro atoms. The molecule has 0 aromatic carbocycles. The van der Waals surface area contributed by atoms with Gasteiger partial charge in [0.05, 0.1) is 5.69 Å². The highest BCUT2D eigenvalue weighted by atomic mass is 32.1. The van der Waals surface area contributed by atoms with E-state index in [1.54, 1.807) is 12.3 Å². The summed E-state index contributed by atoms with van der Waals surface area (Å²) in [6, 6.07) is 1.97. The second-order valence-electron chi connectivity index (χ2n) is 2.12. The topological polar surface area (TPSA) is 12.9 Å². The van der Waals surface area contributed by atoms with Crippen LogP contribution in [0.25, 0.3) is 6.08 Å². The van der Waals surface area contributed by atoms with E-state index in [-0.39, 0.29) is 0 Å². The minimum atomic E-state index is 0.842. The number of hydrogen-bond donors (Lipinski definition) is 1. The van der Waals surface area contributed by atoms with Crippen molar-refractivity contribution in [2.24, 2.45) is 0 Å². The number of nitrogens with zero attached hydrogens (tertiary/aromatic N) is 1. The summed E-state index contributed by atoms with van der Waals surface area (Å²) in [5.41, 5.74) is 1.96. The third kappa shape index (κ3) is 1.39. The van der Waals surface area contributed by atoms with Crippen LogP contribution in [-0.4, -0.2) is 4.98 Å². The van der Waals surface area contributed by atoms with Crippen LogP contribution in [-0.2, 0) is 0 Å². The minimum Gasteiger partial charge on any atom is -0.255 e. The molecule has 1 aromatic rings. The Bertz CT molecular complexity index is 255. The van der Waals surface area contributed by atoms with Gasteiger partial charge >= 0.3 is 0 Å². The molecule has 0 aliphatic carbocycles. The van der Waals surface area contributed by atoms with Crippen molar-refractivity contribution in [2.45, 2.75) is 11.8 Å². The molecule has 2 heteroatoms. The zero-order valence-corrected chi connectivity index (χ0v) is 6.73. The highest BCUT2D eigenvalue weighted by molar-refractivity contribution is 7.80. The molecule has 0 aliphatic heterocycles. The van der Waals surface area contributed by atoms with E-state index in [4.69, 9.17) is 0 Å². The third-order valence-corrected chi connectivity index (χ3v) is 1.59. The predicted molar refractivity (Wildman–Crippen MR) is 46.3 cm³/mol. The van der Waals surface area contributed by atoms with Gasteiger partial charge in [0.2, 0.25) is 0 Å². The summed E-state index contributed by atoms with van der Waals surface area (Å²) in [7, 11) is 0. The van der Waals surface area contributed by atoms with Gasteiger partial charge in [-0.25, -0.2) is 0 Å². The van der Waals surface area contributed by atoms with Gasteiger partial charge in [0.1, 0.15) is 0 Å². The molecule has 0 radical (unpaired) electrons. The Kier molecular flexibility index (Phi) is 2.12. The Morgan fingerprint density at radius 1 is 1.70 bits per heavy atom. The molecule has 1 heterocycles. The summed E-state index contributed by atoms with van der Waals surface area (Å²) in [4.78, 5) is 4.99. The summed E-state index contributed by atoms with van der Waals surface area (Å²) in [5.74, 6) is 0. The summed E-state index contributed by atoms with van der Waals surface area (Å²) in [5, 5.41) is 0. The Hall–Kier alpha value is -0.760. The zero-order chi connectivity index (χ0) is 7.56. The van der Waals surface area contributed by atoms with Gasteiger partial charge in [-0.2, -0.15) is 0 Å². The van der Waals surface area contributed by atoms with E-state index >= 15 is 0 Å². The highest BCUT2D eigenvalue weighted by Crippen LogP contribution is 2.12. The first-order chi connectivity index (χ1) is 4.74. The van der Waals surface area contributed by atoms with Crippen molar-refractivity contribution < 1.29 is 0 Å². The fraction of sp³-hybridized carbons (Fsp3) is 0.125. The van der Waals surface area contributed by atoms with Crippen molar-refractivity contribution in [3.8, 4) is 0 Å². The van der Waals surface area contributed by atoms with Crippen molar-refractivity contribution in [3.63, 3.8) is 0 Å². The molecule has 10 heavy (non-hydrogen) atoms. The lowest BCUT2D eigenvalue weighted by molar-refractivity contribution is 1.17. The van der Waals surface area contributed by atoms with Gasteiger partial charge in [0, 0.05) is 11.1 Å². The van der Waals surface area contributed by atoms with Crippen LogP contribution >= 0.6 is 12.6 Å². The molecule has 0 saturated heterocycles. The summed E-state index contributed by atoms with van der Waals surface area (Å²) in [6.45, 7) is 5.60. The summed E-state index contributed by atoms with van der Waals surface area (Å²) < 4.78 is 0. The normalized spacial score (nSPS) is 9.40. The molecule has 0 unspecified atom stereocenters. The van der Waals surface area contributed by atoms with E-state index in [1.165, 1.54) is 0 Å². The largest absolute Gasteiger partial charge is 0.255 e. The van der Waals surface area contributed by atoms with Crippen molar-refractivity contribution in [1.29, 1.82) is 0 Å². The van der Waals surface area contributed by atoms with E-state index in [1.807, 2.05) is 13.0 Å². The predicted octanol–water partition coefficient (Wildman–Crippen LogP) is 2.32. The quantitative estimate of drug-likeness (QED) is 0.608. The first kappa shape index (κ1) is 7.35. The molecule has 1 aromatic heterocycles. The minimum absolute atomic E-state index is 0.842. The van der Waals surface area contributed by atoms with Crippen LogP contribution < -0.4 is 0 Å². The number of aromatic nitrogens is 1. The number of aryl methyl sites for hydroxylation is 1. The van der Waals surface area contributed by atoms with E-state index in [2.05, 4.69) is 24.2 Å². The van der Waals surface area contributed by atoms with Crippen LogP contribution in [0.4, 0.5) is 0 Å². The molecule has 1 rings (SSSR count). The Morgan fingerprint density at radius 2 is 2.40 bits per heavy atom. The first-order valence-corrected chi connectivity index (χ1v) is 3.47. The van der Waals surface area contributed by atoms with E-state index in [0.29, 0.717) is 0 Å². The van der Waals surface area contributed by atoms with Crippen LogP contribution in [0.2, 0.25) is 0 Å². The van der Waals surface area contributed by atoms with Gasteiger partial charge in [-0.3, -0.25) is 4.98 Å². The fourth-order valence-corrected chi connectivity index (χ4v) is 1.07. The maximum atomic E-state index is 4.21. The molecule has 52 valence electrons. The zero-order valence-electron chi connectivity index (χ0n) is 5.83. The molecule has 0 aliphatic rings. The average Bonchev–Trinajstić information content (AvgIpc) is 1.88. The van der Waals surface area contributed by atoms with Gasteiger partial charge in [-0.1, -0.05) is 6.58 Å². The van der Waals surface area contributed by atoms with Crippen LogP contribution in [0.1, 0.15) is 11.3 Å². The molecule has 0 N–H and O–H groups in total. The lowest BCUT2D eigenvalue weighted by Crippen LogP contribution is -1.83. The summed E-state index contributed by atoms with van der Waals surface area (Å²) in [6.07, 6.45) is 3.50. The van der Waals surface area contributed by atoms with Crippen LogP contribution in [0.15, 0.2) is 23.7 Å². The monoisotopic (exact) mass is 151 g/mol. The molecule has 0 bridgehead atoms. The number of rotatable bonds is 1. The smallest absolute Gasteiger partial charge is 0.0757 e. The van der Waals surface area contributed by atoms with Crippen LogP contribution in [0.5, 0.6) is 0 Å². The fourth-order valence-electron chi connectivity index (χ4n) is 0.722. The van der Waals surface area contributed by atoms with Gasteiger partial charge in [0.15, 0.2) is 0 Å². The molecule has 0 atom stereocenters. The highest BCUT2D eigenvalue weighted by Gasteiger charge is 1.93. The molecular weight excluding hydrogens is 142 g/mol. The van der Waals surface area contributed by atoms with E-state index in [0.717, 1.165) is 16.2 Å². The van der Waals surface area contributed by atoms with Gasteiger partial charge in [-0.15, -0.1) is 12.6 Å². The van der Waals surface area contributed by atoms with Crippen molar-refractivity contribution >= 4 is 18.7 Å². The van der Waals surface area contributed by atoms with E-state index < -0.39 is 0 Å². The Balaban J connectivity index is 3.19. The lowest BCUT2D eigenvalue weighted by Gasteiger charge is -1.97. The second-order valence-corrected chi connectivity index (χ2v) is 2.60. The summed E-state index contributed by atoms with van der Waals surface area (Å²) >= 11 is 4.21. The standard InChI is InChI=1S/C8H9NS/c1-3-7-8(10)4-6(2)5-9-7/h3-5,10H,1H2,2H3. The van der Waals surface area contributed by atoms with E-state index in [9.17, 15) is 0 Å². The van der Waals surface area contributed by atoms with Gasteiger partial charge < -0.3 is 0 Å². The number of hydrogen-bond acceptors (Lipinski definition) is 2. The maximum Gasteiger partial charge on any atom is 0.0757 e. The van der Waals surface area contributed by atoms with Crippen molar-refractivity contribution in [2.75, 3.05) is 0 Å². The second kappa shape index (κ2) is 2.88. The first-order valence-electron chi connectivity index (χ1n) is 3.02. The lowest BCUT2D eigenvalue weighted by atomic mass is 10.3. The van der Waals surface area contributed by atoms with Gasteiger partial charge in [0.25, 0.3) is 0 Å². The third-order valence-electron chi connectivity index (χ3n) is 1.23. The Labute approximate surface area is 66.2 Å². The average molecular weight is 151 g/mol.